The lowest BCUT2D eigenvalue weighted by atomic mass is 10.1. The van der Waals surface area contributed by atoms with Gasteiger partial charge in [-0.2, -0.15) is 5.26 Å². The van der Waals surface area contributed by atoms with Crippen molar-refractivity contribution in [3.8, 4) is 6.07 Å². The third kappa shape index (κ3) is 1.74. The topological polar surface area (TPSA) is 40.9 Å². The second-order valence-corrected chi connectivity index (χ2v) is 3.85. The summed E-state index contributed by atoms with van der Waals surface area (Å²) in [6, 6.07) is 5.28. The molecule has 0 aliphatic heterocycles. The van der Waals surface area contributed by atoms with Gasteiger partial charge >= 0.3 is 0 Å². The number of carbonyl (C=O) groups excluding carboxylic acids is 1. The minimum atomic E-state index is 0.369. The van der Waals surface area contributed by atoms with Crippen molar-refractivity contribution < 1.29 is 4.79 Å². The van der Waals surface area contributed by atoms with Crippen LogP contribution in [-0.2, 0) is 0 Å². The summed E-state index contributed by atoms with van der Waals surface area (Å²) >= 11 is 6.41. The maximum absolute atomic E-state index is 10.5. The highest BCUT2D eigenvalue weighted by atomic mass is 79.9. The van der Waals surface area contributed by atoms with Crippen LogP contribution in [0.15, 0.2) is 21.1 Å². The van der Waals surface area contributed by atoms with Crippen molar-refractivity contribution in [3.05, 3.63) is 32.2 Å². The van der Waals surface area contributed by atoms with Gasteiger partial charge in [-0.1, -0.05) is 15.9 Å². The van der Waals surface area contributed by atoms with E-state index in [1.165, 1.54) is 0 Å². The minimum Gasteiger partial charge on any atom is -0.298 e. The highest BCUT2D eigenvalue weighted by molar-refractivity contribution is 9.11. The van der Waals surface area contributed by atoms with E-state index in [1.807, 2.05) is 6.07 Å². The van der Waals surface area contributed by atoms with Gasteiger partial charge in [0.25, 0.3) is 0 Å². The molecule has 0 fully saturated rings. The zero-order valence-electron chi connectivity index (χ0n) is 5.84. The van der Waals surface area contributed by atoms with Crippen LogP contribution in [0.5, 0.6) is 0 Å². The van der Waals surface area contributed by atoms with Gasteiger partial charge in [0, 0.05) is 14.5 Å². The molecule has 0 unspecified atom stereocenters. The van der Waals surface area contributed by atoms with E-state index >= 15 is 0 Å². The van der Waals surface area contributed by atoms with E-state index in [1.54, 1.807) is 12.1 Å². The number of rotatable bonds is 1. The van der Waals surface area contributed by atoms with Crippen molar-refractivity contribution in [2.75, 3.05) is 0 Å². The summed E-state index contributed by atoms with van der Waals surface area (Å²) < 4.78 is 1.40. The summed E-state index contributed by atoms with van der Waals surface area (Å²) in [5.74, 6) is 0. The predicted molar refractivity (Wildman–Crippen MR) is 51.9 cm³/mol. The number of hydrogen-bond donors (Lipinski definition) is 0. The summed E-state index contributed by atoms with van der Waals surface area (Å²) in [5, 5.41) is 8.67. The van der Waals surface area contributed by atoms with E-state index in [4.69, 9.17) is 5.26 Å². The normalized spacial score (nSPS) is 9.08. The lowest BCUT2D eigenvalue weighted by Crippen LogP contribution is -1.88. The van der Waals surface area contributed by atoms with Crippen LogP contribution in [0.25, 0.3) is 0 Å². The van der Waals surface area contributed by atoms with Crippen molar-refractivity contribution in [1.29, 1.82) is 5.26 Å². The van der Waals surface area contributed by atoms with Crippen molar-refractivity contribution in [2.45, 2.75) is 0 Å². The van der Waals surface area contributed by atoms with E-state index in [2.05, 4.69) is 31.9 Å². The monoisotopic (exact) mass is 287 g/mol. The van der Waals surface area contributed by atoms with E-state index in [9.17, 15) is 4.79 Å². The minimum absolute atomic E-state index is 0.369. The fourth-order valence-corrected chi connectivity index (χ4v) is 2.15. The molecular formula is C8H3Br2NO. The molecule has 0 aliphatic rings. The van der Waals surface area contributed by atoms with Crippen LogP contribution in [-0.4, -0.2) is 6.29 Å². The smallest absolute Gasteiger partial charge is 0.151 e. The number of nitriles is 1. The van der Waals surface area contributed by atoms with Gasteiger partial charge in [-0.05, 0) is 28.1 Å². The lowest BCUT2D eigenvalue weighted by molar-refractivity contribution is 0.112. The zero-order valence-corrected chi connectivity index (χ0v) is 9.02. The maximum atomic E-state index is 10.5. The molecule has 0 amide bonds. The molecule has 1 aromatic carbocycles. The Hall–Kier alpha value is -0.660. The fourth-order valence-electron chi connectivity index (χ4n) is 0.804. The Balaban J connectivity index is 3.46. The first-order valence-corrected chi connectivity index (χ1v) is 4.62. The van der Waals surface area contributed by atoms with Crippen LogP contribution in [0, 0.1) is 11.3 Å². The predicted octanol–water partition coefficient (Wildman–Crippen LogP) is 2.90. The molecule has 0 aromatic heterocycles. The number of carbonyl (C=O) groups is 1. The van der Waals surface area contributed by atoms with Crippen LogP contribution in [0.4, 0.5) is 0 Å². The third-order valence-electron chi connectivity index (χ3n) is 1.32. The first-order chi connectivity index (χ1) is 5.69. The molecule has 0 radical (unpaired) electrons. The molecule has 4 heteroatoms. The van der Waals surface area contributed by atoms with Crippen molar-refractivity contribution in [1.82, 2.24) is 0 Å². The van der Waals surface area contributed by atoms with Crippen LogP contribution in [0.3, 0.4) is 0 Å². The highest BCUT2D eigenvalue weighted by Crippen LogP contribution is 2.24. The second-order valence-electron chi connectivity index (χ2n) is 2.08. The van der Waals surface area contributed by atoms with Gasteiger partial charge in [-0.25, -0.2) is 0 Å². The zero-order chi connectivity index (χ0) is 9.14. The average molecular weight is 289 g/mol. The van der Waals surface area contributed by atoms with Gasteiger partial charge in [0.15, 0.2) is 6.29 Å². The third-order valence-corrected chi connectivity index (χ3v) is 2.41. The van der Waals surface area contributed by atoms with Crippen LogP contribution in [0.1, 0.15) is 15.9 Å². The molecule has 1 aromatic rings. The van der Waals surface area contributed by atoms with E-state index in [0.717, 1.165) is 4.47 Å². The first-order valence-electron chi connectivity index (χ1n) is 3.03. The van der Waals surface area contributed by atoms with Gasteiger partial charge in [0.2, 0.25) is 0 Å². The Kier molecular flexibility index (Phi) is 3.01. The Labute approximate surface area is 86.5 Å². The van der Waals surface area contributed by atoms with Gasteiger partial charge in [0.05, 0.1) is 5.56 Å². The summed E-state index contributed by atoms with van der Waals surface area (Å²) in [7, 11) is 0. The molecule has 0 spiro atoms. The van der Waals surface area contributed by atoms with Gasteiger partial charge in [-0.15, -0.1) is 0 Å². The first kappa shape index (κ1) is 9.43. The number of halogens is 2. The number of aldehydes is 1. The molecule has 0 saturated heterocycles. The molecule has 0 aliphatic carbocycles. The highest BCUT2D eigenvalue weighted by Gasteiger charge is 2.06. The summed E-state index contributed by atoms with van der Waals surface area (Å²) in [4.78, 5) is 10.5. The summed E-state index contributed by atoms with van der Waals surface area (Å²) in [6.45, 7) is 0. The largest absolute Gasteiger partial charge is 0.298 e. The molecule has 2 nitrogen and oxygen atoms in total. The Morgan fingerprint density at radius 3 is 2.58 bits per heavy atom. The summed E-state index contributed by atoms with van der Waals surface area (Å²) in [6.07, 6.45) is 0.661. The van der Waals surface area contributed by atoms with Crippen molar-refractivity contribution in [3.63, 3.8) is 0 Å². The molecule has 60 valence electrons. The van der Waals surface area contributed by atoms with E-state index in [-0.39, 0.29) is 0 Å². The molecule has 1 rings (SSSR count). The van der Waals surface area contributed by atoms with E-state index < -0.39 is 0 Å². The molecule has 0 saturated carbocycles. The number of nitrogens with zero attached hydrogens (tertiary/aromatic N) is 1. The Bertz CT molecular complexity index is 368. The fraction of sp³-hybridized carbons (Fsp3) is 0. The molecule has 12 heavy (non-hydrogen) atoms. The molecular weight excluding hydrogens is 286 g/mol. The van der Waals surface area contributed by atoms with Crippen molar-refractivity contribution >= 4 is 38.1 Å². The lowest BCUT2D eigenvalue weighted by Gasteiger charge is -1.99. The SMILES string of the molecule is N#Cc1c(Br)cc(Br)cc1C=O. The van der Waals surface area contributed by atoms with Crippen molar-refractivity contribution in [2.24, 2.45) is 0 Å². The average Bonchev–Trinajstić information content (AvgIpc) is 2.03. The standard InChI is InChI=1S/C8H3Br2NO/c9-6-1-5(4-12)7(3-11)8(10)2-6/h1-2,4H. The van der Waals surface area contributed by atoms with E-state index in [0.29, 0.717) is 21.9 Å². The summed E-state index contributed by atoms with van der Waals surface area (Å²) in [5.41, 5.74) is 0.756. The second kappa shape index (κ2) is 3.83. The maximum Gasteiger partial charge on any atom is 0.151 e. The quantitative estimate of drug-likeness (QED) is 0.746. The van der Waals surface area contributed by atoms with Crippen LogP contribution >= 0.6 is 31.9 Å². The molecule has 0 heterocycles. The molecule has 0 N–H and O–H groups in total. The Morgan fingerprint density at radius 1 is 1.42 bits per heavy atom. The molecule has 0 atom stereocenters. The van der Waals surface area contributed by atoms with Gasteiger partial charge in [-0.3, -0.25) is 4.79 Å². The van der Waals surface area contributed by atoms with Gasteiger partial charge < -0.3 is 0 Å². The number of hydrogen-bond acceptors (Lipinski definition) is 2. The van der Waals surface area contributed by atoms with Gasteiger partial charge in [0.1, 0.15) is 6.07 Å². The number of benzene rings is 1. The molecule has 0 bridgehead atoms. The van der Waals surface area contributed by atoms with Crippen LogP contribution < -0.4 is 0 Å². The Morgan fingerprint density at radius 2 is 2.08 bits per heavy atom. The van der Waals surface area contributed by atoms with Crippen LogP contribution in [0.2, 0.25) is 0 Å².